The Balaban J connectivity index is 2.37. The van der Waals surface area contributed by atoms with Crippen LogP contribution >= 0.6 is 0 Å². The predicted molar refractivity (Wildman–Crippen MR) is 105 cm³/mol. The average molecular weight is 366 g/mol. The molecule has 0 saturated heterocycles. The Labute approximate surface area is 160 Å². The van der Waals surface area contributed by atoms with Crippen LogP contribution in [0.5, 0.6) is 11.5 Å². The molecule has 0 aromatic heterocycles. The largest absolute Gasteiger partial charge is 0.508 e. The van der Waals surface area contributed by atoms with E-state index in [1.807, 2.05) is 19.9 Å². The van der Waals surface area contributed by atoms with Gasteiger partial charge in [-0.3, -0.25) is 9.59 Å². The minimum absolute atomic E-state index is 0.00570. The standard InChI is InChI=1S/C23H26O4/c1-7-15-10-11-22(4)20(25)13(2)14(3)21(26)23(22,5)19(15)17-12-16(27-6)8-9-18(17)24/h7-10,12,19,24H,1,11H2,2-6H3. The lowest BCUT2D eigenvalue weighted by atomic mass is 9.45. The Morgan fingerprint density at radius 3 is 2.41 bits per heavy atom. The van der Waals surface area contributed by atoms with E-state index in [4.69, 9.17) is 4.74 Å². The van der Waals surface area contributed by atoms with Crippen molar-refractivity contribution < 1.29 is 19.4 Å². The number of Topliss-reactive ketones (excluding diaryl/α,β-unsaturated/α-hetero) is 2. The van der Waals surface area contributed by atoms with Crippen molar-refractivity contribution in [3.63, 3.8) is 0 Å². The van der Waals surface area contributed by atoms with E-state index in [1.54, 1.807) is 45.2 Å². The van der Waals surface area contributed by atoms with Gasteiger partial charge >= 0.3 is 0 Å². The molecule has 0 fully saturated rings. The molecule has 4 nitrogen and oxygen atoms in total. The zero-order valence-electron chi connectivity index (χ0n) is 16.6. The third-order valence-corrected chi connectivity index (χ3v) is 6.80. The fourth-order valence-corrected chi connectivity index (χ4v) is 4.74. The molecule has 142 valence electrons. The molecular weight excluding hydrogens is 340 g/mol. The number of fused-ring (bicyclic) bond motifs is 1. The smallest absolute Gasteiger partial charge is 0.166 e. The fraction of sp³-hybridized carbons (Fsp3) is 0.391. The van der Waals surface area contributed by atoms with E-state index in [9.17, 15) is 14.7 Å². The van der Waals surface area contributed by atoms with Crippen LogP contribution < -0.4 is 4.74 Å². The van der Waals surface area contributed by atoms with E-state index < -0.39 is 16.7 Å². The molecule has 27 heavy (non-hydrogen) atoms. The van der Waals surface area contributed by atoms with Crippen LogP contribution in [0.1, 0.15) is 45.6 Å². The van der Waals surface area contributed by atoms with Crippen LogP contribution in [-0.4, -0.2) is 23.8 Å². The molecule has 1 N–H and O–H groups in total. The minimum Gasteiger partial charge on any atom is -0.508 e. The lowest BCUT2D eigenvalue weighted by molar-refractivity contribution is -0.147. The Hall–Kier alpha value is -2.62. The second-order valence-corrected chi connectivity index (χ2v) is 7.91. The van der Waals surface area contributed by atoms with E-state index >= 15 is 0 Å². The first-order valence-electron chi connectivity index (χ1n) is 9.10. The van der Waals surface area contributed by atoms with Gasteiger partial charge in [0.05, 0.1) is 12.5 Å². The molecule has 3 rings (SSSR count). The Bertz CT molecular complexity index is 920. The molecule has 0 aliphatic heterocycles. The van der Waals surface area contributed by atoms with Crippen LogP contribution in [0.2, 0.25) is 0 Å². The highest BCUT2D eigenvalue weighted by Gasteiger charge is 2.63. The SMILES string of the molecule is C=CC1=CCC2(C)C(=O)C(C)=C(C)C(=O)C2(C)C1c1cc(OC)ccc1O. The van der Waals surface area contributed by atoms with Crippen molar-refractivity contribution in [2.45, 2.75) is 40.0 Å². The van der Waals surface area contributed by atoms with E-state index in [2.05, 4.69) is 6.58 Å². The molecule has 3 atom stereocenters. The Kier molecular flexibility index (Phi) is 4.41. The van der Waals surface area contributed by atoms with Crippen LogP contribution in [0, 0.1) is 10.8 Å². The number of aromatic hydroxyl groups is 1. The summed E-state index contributed by atoms with van der Waals surface area (Å²) in [4.78, 5) is 26.8. The Morgan fingerprint density at radius 1 is 1.19 bits per heavy atom. The number of hydrogen-bond acceptors (Lipinski definition) is 4. The minimum atomic E-state index is -1.03. The summed E-state index contributed by atoms with van der Waals surface area (Å²) in [5.74, 6) is 0.0993. The van der Waals surface area contributed by atoms with Gasteiger partial charge in [0.25, 0.3) is 0 Å². The molecule has 2 aliphatic carbocycles. The number of benzene rings is 1. The quantitative estimate of drug-likeness (QED) is 0.855. The molecule has 2 aliphatic rings. The third-order valence-electron chi connectivity index (χ3n) is 6.80. The van der Waals surface area contributed by atoms with Gasteiger partial charge in [0.1, 0.15) is 11.5 Å². The summed E-state index contributed by atoms with van der Waals surface area (Å²) in [5, 5.41) is 10.6. The number of phenols is 1. The third kappa shape index (κ3) is 2.35. The molecular formula is C23H26O4. The predicted octanol–water partition coefficient (Wildman–Crippen LogP) is 4.50. The zero-order valence-corrected chi connectivity index (χ0v) is 16.6. The number of carbonyl (C=O) groups is 2. The van der Waals surface area contributed by atoms with Crippen molar-refractivity contribution in [2.24, 2.45) is 10.8 Å². The summed E-state index contributed by atoms with van der Waals surface area (Å²) in [6, 6.07) is 4.98. The fourth-order valence-electron chi connectivity index (χ4n) is 4.74. The molecule has 4 heteroatoms. The van der Waals surface area contributed by atoms with E-state index in [-0.39, 0.29) is 17.3 Å². The normalized spacial score (nSPS) is 30.7. The van der Waals surface area contributed by atoms with Gasteiger partial charge in [-0.25, -0.2) is 0 Å². The second-order valence-electron chi connectivity index (χ2n) is 7.91. The molecule has 0 bridgehead atoms. The maximum atomic E-state index is 13.6. The molecule has 0 radical (unpaired) electrons. The van der Waals surface area contributed by atoms with Crippen molar-refractivity contribution in [2.75, 3.05) is 7.11 Å². The zero-order chi connectivity index (χ0) is 20.1. The van der Waals surface area contributed by atoms with Gasteiger partial charge in [0.2, 0.25) is 0 Å². The van der Waals surface area contributed by atoms with Crippen molar-refractivity contribution in [1.82, 2.24) is 0 Å². The topological polar surface area (TPSA) is 63.6 Å². The number of ketones is 2. The van der Waals surface area contributed by atoms with Gasteiger partial charge < -0.3 is 9.84 Å². The number of carbonyl (C=O) groups excluding carboxylic acids is 2. The van der Waals surface area contributed by atoms with Crippen molar-refractivity contribution >= 4 is 11.6 Å². The summed E-state index contributed by atoms with van der Waals surface area (Å²) in [5.41, 5.74) is 0.520. The highest BCUT2D eigenvalue weighted by Crippen LogP contribution is 2.63. The highest BCUT2D eigenvalue weighted by molar-refractivity contribution is 6.17. The summed E-state index contributed by atoms with van der Waals surface area (Å²) in [6.45, 7) is 11.1. The van der Waals surface area contributed by atoms with Crippen molar-refractivity contribution in [3.05, 3.63) is 59.2 Å². The molecule has 0 amide bonds. The molecule has 0 heterocycles. The van der Waals surface area contributed by atoms with Crippen LogP contribution in [0.4, 0.5) is 0 Å². The van der Waals surface area contributed by atoms with Crippen LogP contribution in [-0.2, 0) is 9.59 Å². The number of ether oxygens (including phenoxy) is 1. The number of hydrogen-bond donors (Lipinski definition) is 1. The van der Waals surface area contributed by atoms with E-state index in [0.717, 1.165) is 5.57 Å². The summed E-state index contributed by atoms with van der Waals surface area (Å²) in [7, 11) is 1.55. The number of rotatable bonds is 3. The van der Waals surface area contributed by atoms with E-state index in [0.29, 0.717) is 28.9 Å². The van der Waals surface area contributed by atoms with Crippen LogP contribution in [0.15, 0.2) is 53.6 Å². The van der Waals surface area contributed by atoms with Gasteiger partial charge in [0.15, 0.2) is 11.6 Å². The average Bonchev–Trinajstić information content (AvgIpc) is 2.67. The van der Waals surface area contributed by atoms with Crippen molar-refractivity contribution in [1.29, 1.82) is 0 Å². The molecule has 1 aromatic carbocycles. The lowest BCUT2D eigenvalue weighted by Crippen LogP contribution is -2.57. The van der Waals surface area contributed by atoms with Gasteiger partial charge in [-0.1, -0.05) is 32.6 Å². The lowest BCUT2D eigenvalue weighted by Gasteiger charge is -2.54. The van der Waals surface area contributed by atoms with Gasteiger partial charge in [-0.05, 0) is 55.2 Å². The van der Waals surface area contributed by atoms with Gasteiger partial charge in [0, 0.05) is 16.9 Å². The first-order chi connectivity index (χ1) is 12.6. The van der Waals surface area contributed by atoms with Gasteiger partial charge in [-0.2, -0.15) is 0 Å². The van der Waals surface area contributed by atoms with Crippen molar-refractivity contribution in [3.8, 4) is 11.5 Å². The first kappa shape index (κ1) is 19.2. The second kappa shape index (κ2) is 6.22. The molecule has 3 unspecified atom stereocenters. The molecule has 0 spiro atoms. The van der Waals surface area contributed by atoms with Gasteiger partial charge in [-0.15, -0.1) is 0 Å². The molecule has 1 aromatic rings. The summed E-state index contributed by atoms with van der Waals surface area (Å²) < 4.78 is 5.33. The maximum Gasteiger partial charge on any atom is 0.166 e. The summed E-state index contributed by atoms with van der Waals surface area (Å²) >= 11 is 0. The Morgan fingerprint density at radius 2 is 1.81 bits per heavy atom. The number of allylic oxidation sites excluding steroid dienone is 5. The number of methoxy groups -OCH3 is 1. The number of phenolic OH excluding ortho intramolecular Hbond substituents is 1. The highest BCUT2D eigenvalue weighted by atomic mass is 16.5. The van der Waals surface area contributed by atoms with Crippen LogP contribution in [0.3, 0.4) is 0 Å². The molecule has 0 saturated carbocycles. The van der Waals surface area contributed by atoms with E-state index in [1.165, 1.54) is 0 Å². The van der Waals surface area contributed by atoms with Crippen LogP contribution in [0.25, 0.3) is 0 Å². The summed E-state index contributed by atoms with van der Waals surface area (Å²) in [6.07, 6.45) is 4.14. The first-order valence-corrected chi connectivity index (χ1v) is 9.10. The monoisotopic (exact) mass is 366 g/mol. The maximum absolute atomic E-state index is 13.6.